The summed E-state index contributed by atoms with van der Waals surface area (Å²) >= 11 is 0. The molecule has 4 aromatic rings. The lowest BCUT2D eigenvalue weighted by Crippen LogP contribution is -2.39. The Hall–Kier alpha value is -3.69. The van der Waals surface area contributed by atoms with E-state index in [9.17, 15) is 18.0 Å². The molecule has 1 amide bonds. The van der Waals surface area contributed by atoms with Crippen LogP contribution in [-0.4, -0.2) is 41.7 Å². The molecule has 1 aromatic carbocycles. The zero-order valence-corrected chi connectivity index (χ0v) is 18.5. The molecule has 4 heterocycles. The minimum absolute atomic E-state index is 0.201. The third-order valence-corrected chi connectivity index (χ3v) is 6.43. The van der Waals surface area contributed by atoms with Gasteiger partial charge in [-0.1, -0.05) is 0 Å². The van der Waals surface area contributed by atoms with Crippen LogP contribution in [0.15, 0.2) is 24.5 Å². The molecule has 170 valence electrons. The summed E-state index contributed by atoms with van der Waals surface area (Å²) < 4.78 is 44.6. The van der Waals surface area contributed by atoms with E-state index >= 15 is 0 Å². The molecule has 7 nitrogen and oxygen atoms in total. The van der Waals surface area contributed by atoms with Gasteiger partial charge in [0, 0.05) is 37.5 Å². The zero-order chi connectivity index (χ0) is 23.6. The minimum Gasteiger partial charge on any atom is -0.333 e. The molecule has 0 saturated heterocycles. The van der Waals surface area contributed by atoms with Crippen molar-refractivity contribution in [3.05, 3.63) is 64.6 Å². The van der Waals surface area contributed by atoms with Gasteiger partial charge in [-0.05, 0) is 38.5 Å². The number of hydrogen-bond acceptors (Lipinski definition) is 4. The maximum Gasteiger partial charge on any atom is 0.273 e. The van der Waals surface area contributed by atoms with Gasteiger partial charge in [0.2, 0.25) is 0 Å². The molecule has 10 heteroatoms. The number of amides is 1. The third kappa shape index (κ3) is 3.12. The Morgan fingerprint density at radius 1 is 1.09 bits per heavy atom. The molecule has 0 radical (unpaired) electrons. The summed E-state index contributed by atoms with van der Waals surface area (Å²) in [5.41, 5.74) is 4.07. The molecule has 0 spiro atoms. The summed E-state index contributed by atoms with van der Waals surface area (Å²) in [7, 11) is 3.54. The van der Waals surface area contributed by atoms with Crippen molar-refractivity contribution >= 4 is 16.9 Å². The Morgan fingerprint density at radius 2 is 1.79 bits per heavy atom. The highest BCUT2D eigenvalue weighted by atomic mass is 19.2. The van der Waals surface area contributed by atoms with Gasteiger partial charge in [0.1, 0.15) is 17.7 Å². The summed E-state index contributed by atoms with van der Waals surface area (Å²) in [4.78, 5) is 23.7. The van der Waals surface area contributed by atoms with Gasteiger partial charge >= 0.3 is 0 Å². The highest BCUT2D eigenvalue weighted by Crippen LogP contribution is 2.37. The van der Waals surface area contributed by atoms with Crippen LogP contribution in [0, 0.1) is 24.4 Å². The fraction of sp³-hybridized carbons (Fsp3) is 0.304. The van der Waals surface area contributed by atoms with E-state index in [1.807, 2.05) is 31.5 Å². The van der Waals surface area contributed by atoms with E-state index in [1.54, 1.807) is 11.9 Å². The normalized spacial score (nSPS) is 15.8. The van der Waals surface area contributed by atoms with Crippen molar-refractivity contribution in [1.82, 2.24) is 29.2 Å². The number of aromatic nitrogens is 5. The number of nitrogens with zero attached hydrogens (tertiary/aromatic N) is 6. The molecule has 0 aliphatic carbocycles. The Morgan fingerprint density at radius 3 is 2.48 bits per heavy atom. The van der Waals surface area contributed by atoms with Gasteiger partial charge in [-0.25, -0.2) is 23.1 Å². The number of aryl methyl sites for hydroxylation is 3. The van der Waals surface area contributed by atoms with Gasteiger partial charge in [-0.3, -0.25) is 9.48 Å². The number of halogens is 3. The monoisotopic (exact) mass is 454 g/mol. The molecule has 0 fully saturated rings. The van der Waals surface area contributed by atoms with Crippen molar-refractivity contribution in [2.45, 2.75) is 26.3 Å². The molecule has 0 unspecified atom stereocenters. The van der Waals surface area contributed by atoms with Crippen molar-refractivity contribution in [2.75, 3.05) is 6.54 Å². The van der Waals surface area contributed by atoms with Crippen LogP contribution in [0.2, 0.25) is 0 Å². The lowest BCUT2D eigenvalue weighted by Gasteiger charge is -2.32. The Balaban J connectivity index is 1.54. The van der Waals surface area contributed by atoms with E-state index in [2.05, 4.69) is 15.1 Å². The van der Waals surface area contributed by atoms with E-state index in [1.165, 1.54) is 11.0 Å². The molecular weight excluding hydrogens is 433 g/mol. The average molecular weight is 454 g/mol. The first-order chi connectivity index (χ1) is 15.7. The smallest absolute Gasteiger partial charge is 0.273 e. The first kappa shape index (κ1) is 21.2. The molecule has 1 atom stereocenters. The second-order valence-electron chi connectivity index (χ2n) is 8.32. The topological polar surface area (TPSA) is 68.8 Å². The van der Waals surface area contributed by atoms with Crippen molar-refractivity contribution in [3.63, 3.8) is 0 Å². The zero-order valence-electron chi connectivity index (χ0n) is 18.5. The second kappa shape index (κ2) is 7.43. The number of carbonyl (C=O) groups is 1. The first-order valence-corrected chi connectivity index (χ1v) is 10.5. The summed E-state index contributed by atoms with van der Waals surface area (Å²) in [5.74, 6) is -4.26. The predicted octanol–water partition coefficient (Wildman–Crippen LogP) is 3.85. The van der Waals surface area contributed by atoms with Gasteiger partial charge in [0.15, 0.2) is 17.5 Å². The largest absolute Gasteiger partial charge is 0.333 e. The van der Waals surface area contributed by atoms with Crippen LogP contribution in [-0.2, 0) is 20.5 Å². The van der Waals surface area contributed by atoms with Crippen LogP contribution in [0.1, 0.15) is 40.4 Å². The average Bonchev–Trinajstić information content (AvgIpc) is 3.27. The maximum atomic E-state index is 13.9. The molecule has 0 N–H and O–H groups in total. The van der Waals surface area contributed by atoms with E-state index < -0.39 is 23.5 Å². The van der Waals surface area contributed by atoms with Crippen LogP contribution >= 0.6 is 0 Å². The van der Waals surface area contributed by atoms with Gasteiger partial charge in [0.25, 0.3) is 5.91 Å². The minimum atomic E-state index is -1.51. The van der Waals surface area contributed by atoms with E-state index in [4.69, 9.17) is 0 Å². The number of carbonyl (C=O) groups excluding carboxylic acids is 1. The molecule has 0 saturated carbocycles. The highest BCUT2D eigenvalue weighted by molar-refractivity contribution is 6.04. The lowest BCUT2D eigenvalue weighted by molar-refractivity contribution is 0.0669. The maximum absolute atomic E-state index is 13.9. The Labute approximate surface area is 187 Å². The fourth-order valence-corrected chi connectivity index (χ4v) is 4.64. The number of fused-ring (bicyclic) bond motifs is 2. The van der Waals surface area contributed by atoms with Crippen molar-refractivity contribution in [2.24, 2.45) is 14.1 Å². The van der Waals surface area contributed by atoms with Crippen LogP contribution < -0.4 is 0 Å². The Kier molecular flexibility index (Phi) is 4.77. The standard InChI is InChI=1S/C23H21F3N6O/c1-11-7-15-20(27-10-28-22(15)30(11)3)23(33)32-6-5-14-19(12(32)2)29-31(4)21(14)13-8-16(24)18(26)17(25)9-13/h7-10,12H,5-6H2,1-4H3/t12-/m0/s1. The first-order valence-electron chi connectivity index (χ1n) is 10.5. The molecule has 5 rings (SSSR count). The lowest BCUT2D eigenvalue weighted by atomic mass is 9.95. The Bertz CT molecular complexity index is 1420. The molecule has 1 aliphatic heterocycles. The molecule has 0 bridgehead atoms. The van der Waals surface area contributed by atoms with Crippen LogP contribution in [0.4, 0.5) is 13.2 Å². The highest BCUT2D eigenvalue weighted by Gasteiger charge is 2.35. The quantitative estimate of drug-likeness (QED) is 0.432. The summed E-state index contributed by atoms with van der Waals surface area (Å²) in [6.45, 7) is 4.16. The molecule has 3 aromatic heterocycles. The van der Waals surface area contributed by atoms with Gasteiger partial charge < -0.3 is 9.47 Å². The van der Waals surface area contributed by atoms with E-state index in [0.29, 0.717) is 41.1 Å². The van der Waals surface area contributed by atoms with Gasteiger partial charge in [-0.15, -0.1) is 0 Å². The van der Waals surface area contributed by atoms with Crippen molar-refractivity contribution < 1.29 is 18.0 Å². The van der Waals surface area contributed by atoms with Crippen molar-refractivity contribution in [1.29, 1.82) is 0 Å². The third-order valence-electron chi connectivity index (χ3n) is 6.43. The SMILES string of the molecule is Cc1cc2c(C(=O)N3CCc4c(nn(C)c4-c4cc(F)c(F)c(F)c4)[C@@H]3C)ncnc2n1C. The molecule has 1 aliphatic rings. The number of rotatable bonds is 2. The van der Waals surface area contributed by atoms with E-state index in [-0.39, 0.29) is 11.5 Å². The van der Waals surface area contributed by atoms with Crippen LogP contribution in [0.3, 0.4) is 0 Å². The van der Waals surface area contributed by atoms with E-state index in [0.717, 1.165) is 23.4 Å². The predicted molar refractivity (Wildman–Crippen MR) is 115 cm³/mol. The second-order valence-corrected chi connectivity index (χ2v) is 8.32. The van der Waals surface area contributed by atoms with Crippen molar-refractivity contribution in [3.8, 4) is 11.3 Å². The van der Waals surface area contributed by atoms with Crippen LogP contribution in [0.5, 0.6) is 0 Å². The number of benzene rings is 1. The summed E-state index contributed by atoms with van der Waals surface area (Å²) in [6.07, 6.45) is 1.81. The summed E-state index contributed by atoms with van der Waals surface area (Å²) in [5, 5.41) is 5.22. The number of hydrogen-bond donors (Lipinski definition) is 0. The van der Waals surface area contributed by atoms with Crippen LogP contribution in [0.25, 0.3) is 22.3 Å². The molecule has 33 heavy (non-hydrogen) atoms. The summed E-state index contributed by atoms with van der Waals surface area (Å²) in [6, 6.07) is 3.42. The molecular formula is C23H21F3N6O. The van der Waals surface area contributed by atoms with Gasteiger partial charge in [-0.2, -0.15) is 5.10 Å². The fourth-order valence-electron chi connectivity index (χ4n) is 4.64. The van der Waals surface area contributed by atoms with Gasteiger partial charge in [0.05, 0.1) is 22.8 Å².